The number of hydrogen-bond acceptors (Lipinski definition) is 5. The normalized spacial score (nSPS) is 18.2. The summed E-state index contributed by atoms with van der Waals surface area (Å²) in [5, 5.41) is 0. The minimum atomic E-state index is -3.80. The lowest BCUT2D eigenvalue weighted by Crippen LogP contribution is -2.24. The standard InChI is InChI=1S/C16H16O5S/c1-11-2-4-13(5-3-11)22(18,19)21-10-12-8-15(17)14-6-7-20-16(14)9-12/h2-7,12H,8-10H2,1H3/t12-/m0/s1. The lowest BCUT2D eigenvalue weighted by atomic mass is 9.88. The van der Waals surface area contributed by atoms with Crippen molar-refractivity contribution >= 4 is 15.9 Å². The van der Waals surface area contributed by atoms with Crippen LogP contribution in [0.3, 0.4) is 0 Å². The fourth-order valence-electron chi connectivity index (χ4n) is 2.53. The molecule has 1 aliphatic rings. The van der Waals surface area contributed by atoms with Crippen LogP contribution in [0.1, 0.15) is 28.1 Å². The van der Waals surface area contributed by atoms with Gasteiger partial charge in [0.05, 0.1) is 23.3 Å². The van der Waals surface area contributed by atoms with E-state index in [1.807, 2.05) is 6.92 Å². The van der Waals surface area contributed by atoms with Gasteiger partial charge in [-0.15, -0.1) is 0 Å². The lowest BCUT2D eigenvalue weighted by molar-refractivity contribution is 0.0920. The summed E-state index contributed by atoms with van der Waals surface area (Å²) >= 11 is 0. The molecule has 5 nitrogen and oxygen atoms in total. The van der Waals surface area contributed by atoms with Crippen molar-refractivity contribution in [3.05, 3.63) is 53.5 Å². The highest BCUT2D eigenvalue weighted by atomic mass is 32.2. The highest BCUT2D eigenvalue weighted by Gasteiger charge is 2.29. The molecule has 0 unspecified atom stereocenters. The fraction of sp³-hybridized carbons (Fsp3) is 0.312. The molecule has 0 amide bonds. The number of carbonyl (C=O) groups excluding carboxylic acids is 1. The summed E-state index contributed by atoms with van der Waals surface area (Å²) in [6, 6.07) is 8.12. The molecule has 0 fully saturated rings. The van der Waals surface area contributed by atoms with Crippen molar-refractivity contribution in [3.8, 4) is 0 Å². The van der Waals surface area contributed by atoms with Crippen molar-refractivity contribution < 1.29 is 21.8 Å². The SMILES string of the molecule is Cc1ccc(S(=O)(=O)OC[C@H]2CC(=O)c3ccoc3C2)cc1. The van der Waals surface area contributed by atoms with E-state index in [1.165, 1.54) is 18.4 Å². The summed E-state index contributed by atoms with van der Waals surface area (Å²) in [5.74, 6) is 0.389. The molecule has 1 atom stereocenters. The van der Waals surface area contributed by atoms with E-state index in [0.29, 0.717) is 17.7 Å². The van der Waals surface area contributed by atoms with Gasteiger partial charge >= 0.3 is 0 Å². The zero-order valence-electron chi connectivity index (χ0n) is 12.1. The van der Waals surface area contributed by atoms with Crippen LogP contribution in [0.15, 0.2) is 45.9 Å². The number of ketones is 1. The van der Waals surface area contributed by atoms with E-state index in [-0.39, 0.29) is 29.6 Å². The van der Waals surface area contributed by atoms with E-state index in [9.17, 15) is 13.2 Å². The lowest BCUT2D eigenvalue weighted by Gasteiger charge is -2.19. The van der Waals surface area contributed by atoms with Gasteiger partial charge in [0, 0.05) is 12.8 Å². The summed E-state index contributed by atoms with van der Waals surface area (Å²) in [5.41, 5.74) is 1.57. The van der Waals surface area contributed by atoms with Crippen LogP contribution in [0.5, 0.6) is 0 Å². The molecule has 1 aliphatic carbocycles. The number of hydrogen-bond donors (Lipinski definition) is 0. The van der Waals surface area contributed by atoms with Crippen LogP contribution in [0.2, 0.25) is 0 Å². The quantitative estimate of drug-likeness (QED) is 0.810. The number of aryl methyl sites for hydroxylation is 1. The maximum Gasteiger partial charge on any atom is 0.296 e. The van der Waals surface area contributed by atoms with E-state index in [1.54, 1.807) is 18.2 Å². The number of fused-ring (bicyclic) bond motifs is 1. The first kappa shape index (κ1) is 15.0. The molecule has 0 spiro atoms. The van der Waals surface area contributed by atoms with Gasteiger partial charge in [-0.2, -0.15) is 8.42 Å². The van der Waals surface area contributed by atoms with Crippen molar-refractivity contribution in [1.29, 1.82) is 0 Å². The van der Waals surface area contributed by atoms with Gasteiger partial charge in [-0.3, -0.25) is 8.98 Å². The molecular formula is C16H16O5S. The summed E-state index contributed by atoms with van der Waals surface area (Å²) in [7, 11) is -3.80. The second kappa shape index (κ2) is 5.70. The largest absolute Gasteiger partial charge is 0.469 e. The summed E-state index contributed by atoms with van der Waals surface area (Å²) in [6.45, 7) is 1.86. The third-order valence-electron chi connectivity index (χ3n) is 3.76. The zero-order chi connectivity index (χ0) is 15.7. The number of furan rings is 1. The Hall–Kier alpha value is -1.92. The second-order valence-corrected chi connectivity index (χ2v) is 7.12. The third-order valence-corrected chi connectivity index (χ3v) is 5.06. The molecule has 116 valence electrons. The van der Waals surface area contributed by atoms with E-state index in [0.717, 1.165) is 5.56 Å². The first-order valence-electron chi connectivity index (χ1n) is 7.01. The van der Waals surface area contributed by atoms with Crippen LogP contribution in [-0.2, 0) is 20.7 Å². The molecule has 0 aliphatic heterocycles. The molecule has 0 radical (unpaired) electrons. The number of benzene rings is 1. The van der Waals surface area contributed by atoms with Gasteiger partial charge in [0.25, 0.3) is 10.1 Å². The van der Waals surface area contributed by atoms with Gasteiger partial charge in [-0.25, -0.2) is 0 Å². The monoisotopic (exact) mass is 320 g/mol. The molecule has 1 heterocycles. The predicted molar refractivity (Wildman–Crippen MR) is 79.2 cm³/mol. The zero-order valence-corrected chi connectivity index (χ0v) is 12.9. The summed E-state index contributed by atoms with van der Waals surface area (Å²) in [6.07, 6.45) is 2.27. The van der Waals surface area contributed by atoms with Crippen LogP contribution in [0.25, 0.3) is 0 Å². The van der Waals surface area contributed by atoms with Crippen molar-refractivity contribution in [2.75, 3.05) is 6.61 Å². The second-order valence-electron chi connectivity index (χ2n) is 5.51. The topological polar surface area (TPSA) is 73.6 Å². The fourth-order valence-corrected chi connectivity index (χ4v) is 3.51. The van der Waals surface area contributed by atoms with E-state index in [4.69, 9.17) is 8.60 Å². The van der Waals surface area contributed by atoms with Crippen molar-refractivity contribution in [2.24, 2.45) is 5.92 Å². The smallest absolute Gasteiger partial charge is 0.296 e. The first-order valence-corrected chi connectivity index (χ1v) is 8.42. The number of Topliss-reactive ketones (excluding diaryl/α,β-unsaturated/α-hetero) is 1. The van der Waals surface area contributed by atoms with E-state index in [2.05, 4.69) is 0 Å². The summed E-state index contributed by atoms with van der Waals surface area (Å²) < 4.78 is 34.6. The maximum absolute atomic E-state index is 12.1. The molecule has 1 aromatic carbocycles. The molecule has 3 rings (SSSR count). The molecule has 0 bridgehead atoms. The number of rotatable bonds is 4. The summed E-state index contributed by atoms with van der Waals surface area (Å²) in [4.78, 5) is 12.0. The molecule has 2 aromatic rings. The Morgan fingerprint density at radius 2 is 1.91 bits per heavy atom. The van der Waals surface area contributed by atoms with Gasteiger partial charge in [-0.1, -0.05) is 17.7 Å². The van der Waals surface area contributed by atoms with Crippen LogP contribution in [-0.4, -0.2) is 20.8 Å². The van der Waals surface area contributed by atoms with Crippen molar-refractivity contribution in [1.82, 2.24) is 0 Å². The van der Waals surface area contributed by atoms with Gasteiger partial charge < -0.3 is 4.42 Å². The van der Waals surface area contributed by atoms with Crippen LogP contribution in [0, 0.1) is 12.8 Å². The molecular weight excluding hydrogens is 304 g/mol. The van der Waals surface area contributed by atoms with Crippen LogP contribution < -0.4 is 0 Å². The highest BCUT2D eigenvalue weighted by Crippen LogP contribution is 2.27. The molecule has 6 heteroatoms. The van der Waals surface area contributed by atoms with E-state index < -0.39 is 10.1 Å². The Morgan fingerprint density at radius 3 is 2.64 bits per heavy atom. The Labute approximate surface area is 129 Å². The Bertz CT molecular complexity index is 786. The van der Waals surface area contributed by atoms with Gasteiger partial charge in [-0.05, 0) is 31.0 Å². The maximum atomic E-state index is 12.1. The van der Waals surface area contributed by atoms with Gasteiger partial charge in [0.15, 0.2) is 5.78 Å². The molecule has 0 N–H and O–H groups in total. The van der Waals surface area contributed by atoms with Gasteiger partial charge in [0.1, 0.15) is 5.76 Å². The molecule has 0 saturated heterocycles. The molecule has 0 saturated carbocycles. The minimum absolute atomic E-state index is 0.0257. The Balaban J connectivity index is 1.68. The van der Waals surface area contributed by atoms with Crippen molar-refractivity contribution in [2.45, 2.75) is 24.7 Å². The molecule has 1 aromatic heterocycles. The minimum Gasteiger partial charge on any atom is -0.469 e. The Morgan fingerprint density at radius 1 is 1.18 bits per heavy atom. The first-order chi connectivity index (χ1) is 10.5. The van der Waals surface area contributed by atoms with Gasteiger partial charge in [0.2, 0.25) is 0 Å². The van der Waals surface area contributed by atoms with Crippen LogP contribution >= 0.6 is 0 Å². The third kappa shape index (κ3) is 2.98. The Kier molecular flexibility index (Phi) is 3.88. The van der Waals surface area contributed by atoms with Crippen LogP contribution in [0.4, 0.5) is 0 Å². The van der Waals surface area contributed by atoms with Crippen molar-refractivity contribution in [3.63, 3.8) is 0 Å². The molecule has 22 heavy (non-hydrogen) atoms. The highest BCUT2D eigenvalue weighted by molar-refractivity contribution is 7.86. The average molecular weight is 320 g/mol. The predicted octanol–water partition coefficient (Wildman–Crippen LogP) is 2.74. The van der Waals surface area contributed by atoms with E-state index >= 15 is 0 Å². The number of carbonyl (C=O) groups is 1. The average Bonchev–Trinajstić information content (AvgIpc) is 2.95.